The summed E-state index contributed by atoms with van der Waals surface area (Å²) >= 11 is 0. The second kappa shape index (κ2) is 4.80. The third-order valence-electron chi connectivity index (χ3n) is 3.74. The summed E-state index contributed by atoms with van der Waals surface area (Å²) < 4.78 is 27.0. The van der Waals surface area contributed by atoms with Crippen LogP contribution in [-0.4, -0.2) is 36.8 Å². The molecular formula is C14H17N3O2S. The lowest BCUT2D eigenvalue weighted by Gasteiger charge is -2.17. The molecule has 0 saturated carbocycles. The van der Waals surface area contributed by atoms with Crippen molar-refractivity contribution in [3.05, 3.63) is 36.0 Å². The second-order valence-corrected chi connectivity index (χ2v) is 7.10. The molecule has 2 N–H and O–H groups in total. The fraction of sp³-hybridized carbons (Fsp3) is 0.357. The van der Waals surface area contributed by atoms with E-state index >= 15 is 0 Å². The number of rotatable bonds is 2. The van der Waals surface area contributed by atoms with Gasteiger partial charge < -0.3 is 5.73 Å². The number of pyridine rings is 1. The van der Waals surface area contributed by atoms with Crippen molar-refractivity contribution in [2.24, 2.45) is 5.73 Å². The van der Waals surface area contributed by atoms with Gasteiger partial charge in [-0.25, -0.2) is 8.42 Å². The van der Waals surface area contributed by atoms with Crippen LogP contribution >= 0.6 is 0 Å². The van der Waals surface area contributed by atoms with Crippen LogP contribution in [0.15, 0.2) is 35.4 Å². The summed E-state index contributed by atoms with van der Waals surface area (Å²) in [6.07, 6.45) is 2.39. The maximum absolute atomic E-state index is 12.7. The zero-order chi connectivity index (χ0) is 14.3. The largest absolute Gasteiger partial charge is 0.326 e. The van der Waals surface area contributed by atoms with Crippen molar-refractivity contribution in [2.75, 3.05) is 13.1 Å². The zero-order valence-corrected chi connectivity index (χ0v) is 12.1. The van der Waals surface area contributed by atoms with Gasteiger partial charge in [-0.15, -0.1) is 0 Å². The van der Waals surface area contributed by atoms with E-state index in [-0.39, 0.29) is 6.04 Å². The molecule has 2 aromatic rings. The van der Waals surface area contributed by atoms with Crippen LogP contribution in [-0.2, 0) is 10.0 Å². The molecule has 0 radical (unpaired) electrons. The van der Waals surface area contributed by atoms with Gasteiger partial charge in [0.1, 0.15) is 0 Å². The number of benzene rings is 1. The highest BCUT2D eigenvalue weighted by atomic mass is 32.2. The number of nitrogens with two attached hydrogens (primary N) is 1. The first-order chi connectivity index (χ1) is 9.50. The van der Waals surface area contributed by atoms with Crippen LogP contribution < -0.4 is 5.73 Å². The van der Waals surface area contributed by atoms with Crippen LogP contribution in [0.2, 0.25) is 0 Å². The van der Waals surface area contributed by atoms with Gasteiger partial charge in [-0.05, 0) is 37.1 Å². The number of aryl methyl sites for hydroxylation is 1. The summed E-state index contributed by atoms with van der Waals surface area (Å²) in [7, 11) is -3.50. The Kier molecular flexibility index (Phi) is 3.24. The Hall–Kier alpha value is -1.50. The summed E-state index contributed by atoms with van der Waals surface area (Å²) in [4.78, 5) is 4.61. The Morgan fingerprint density at radius 3 is 2.85 bits per heavy atom. The molecule has 0 aliphatic carbocycles. The van der Waals surface area contributed by atoms with Crippen molar-refractivity contribution in [1.82, 2.24) is 9.29 Å². The van der Waals surface area contributed by atoms with E-state index in [1.54, 1.807) is 30.5 Å². The summed E-state index contributed by atoms with van der Waals surface area (Å²) in [5.41, 5.74) is 7.52. The third-order valence-corrected chi connectivity index (χ3v) is 5.66. The first-order valence-electron chi connectivity index (χ1n) is 6.60. The highest BCUT2D eigenvalue weighted by molar-refractivity contribution is 7.89. The molecule has 2 heterocycles. The summed E-state index contributed by atoms with van der Waals surface area (Å²) in [6, 6.07) is 6.96. The molecule has 0 spiro atoms. The van der Waals surface area contributed by atoms with E-state index in [1.807, 2.05) is 6.92 Å². The molecule has 1 fully saturated rings. The molecule has 1 atom stereocenters. The minimum atomic E-state index is -3.50. The lowest BCUT2D eigenvalue weighted by molar-refractivity contribution is 0.473. The fourth-order valence-electron chi connectivity index (χ4n) is 2.62. The second-order valence-electron chi connectivity index (χ2n) is 5.19. The SMILES string of the molecule is Cc1ccc(S(=O)(=O)N2CC[C@H](N)C2)c2cccnc12. The average Bonchev–Trinajstić information content (AvgIpc) is 2.87. The Morgan fingerprint density at radius 2 is 2.15 bits per heavy atom. The maximum Gasteiger partial charge on any atom is 0.243 e. The van der Waals surface area contributed by atoms with Crippen LogP contribution in [0.25, 0.3) is 10.9 Å². The molecule has 5 nitrogen and oxygen atoms in total. The normalized spacial score (nSPS) is 20.6. The van der Waals surface area contributed by atoms with E-state index in [0.717, 1.165) is 11.1 Å². The zero-order valence-electron chi connectivity index (χ0n) is 11.3. The molecule has 1 aliphatic heterocycles. The predicted molar refractivity (Wildman–Crippen MR) is 77.8 cm³/mol. The van der Waals surface area contributed by atoms with Crippen molar-refractivity contribution in [3.8, 4) is 0 Å². The van der Waals surface area contributed by atoms with E-state index in [2.05, 4.69) is 4.98 Å². The van der Waals surface area contributed by atoms with E-state index in [4.69, 9.17) is 5.73 Å². The van der Waals surface area contributed by atoms with Crippen LogP contribution in [0.4, 0.5) is 0 Å². The standard InChI is InChI=1S/C14H17N3O2S/c1-10-4-5-13(12-3-2-7-16-14(10)12)20(18,19)17-8-6-11(15)9-17/h2-5,7,11H,6,8-9,15H2,1H3/t11-/m0/s1. The fourth-order valence-corrected chi connectivity index (χ4v) is 4.32. The highest BCUT2D eigenvalue weighted by Gasteiger charge is 2.32. The van der Waals surface area contributed by atoms with Gasteiger partial charge in [0.2, 0.25) is 10.0 Å². The van der Waals surface area contributed by atoms with E-state index < -0.39 is 10.0 Å². The van der Waals surface area contributed by atoms with Gasteiger partial charge in [-0.3, -0.25) is 4.98 Å². The smallest absolute Gasteiger partial charge is 0.243 e. The Labute approximate surface area is 118 Å². The van der Waals surface area contributed by atoms with Gasteiger partial charge >= 0.3 is 0 Å². The van der Waals surface area contributed by atoms with Gasteiger partial charge in [-0.1, -0.05) is 6.07 Å². The monoisotopic (exact) mass is 291 g/mol. The molecule has 0 unspecified atom stereocenters. The van der Waals surface area contributed by atoms with Crippen LogP contribution in [0.3, 0.4) is 0 Å². The molecule has 1 saturated heterocycles. The molecular weight excluding hydrogens is 274 g/mol. The number of hydrogen-bond acceptors (Lipinski definition) is 4. The molecule has 20 heavy (non-hydrogen) atoms. The lowest BCUT2D eigenvalue weighted by Crippen LogP contribution is -2.32. The molecule has 1 aliphatic rings. The minimum absolute atomic E-state index is 0.0698. The molecule has 0 amide bonds. The number of sulfonamides is 1. The van der Waals surface area contributed by atoms with Crippen molar-refractivity contribution in [1.29, 1.82) is 0 Å². The van der Waals surface area contributed by atoms with E-state index in [9.17, 15) is 8.42 Å². The van der Waals surface area contributed by atoms with Crippen molar-refractivity contribution in [2.45, 2.75) is 24.3 Å². The van der Waals surface area contributed by atoms with E-state index in [0.29, 0.717) is 29.8 Å². The summed E-state index contributed by atoms with van der Waals surface area (Å²) in [5.74, 6) is 0. The predicted octanol–water partition coefficient (Wildman–Crippen LogP) is 1.26. The lowest BCUT2D eigenvalue weighted by atomic mass is 10.1. The molecule has 6 heteroatoms. The Morgan fingerprint density at radius 1 is 1.35 bits per heavy atom. The van der Waals surface area contributed by atoms with Crippen molar-refractivity contribution in [3.63, 3.8) is 0 Å². The summed E-state index contributed by atoms with van der Waals surface area (Å²) in [6.45, 7) is 2.80. The Bertz CT molecular complexity index is 758. The van der Waals surface area contributed by atoms with Gasteiger partial charge in [0, 0.05) is 30.7 Å². The van der Waals surface area contributed by atoms with E-state index in [1.165, 1.54) is 4.31 Å². The average molecular weight is 291 g/mol. The molecule has 0 bridgehead atoms. The van der Waals surface area contributed by atoms with Gasteiger partial charge in [-0.2, -0.15) is 4.31 Å². The van der Waals surface area contributed by atoms with Gasteiger partial charge in [0.15, 0.2) is 0 Å². The summed E-state index contributed by atoms with van der Waals surface area (Å²) in [5, 5.41) is 0.674. The number of nitrogens with zero attached hydrogens (tertiary/aromatic N) is 2. The first-order valence-corrected chi connectivity index (χ1v) is 8.04. The number of aromatic nitrogens is 1. The number of fused-ring (bicyclic) bond motifs is 1. The maximum atomic E-state index is 12.7. The minimum Gasteiger partial charge on any atom is -0.326 e. The Balaban J connectivity index is 2.17. The molecule has 1 aromatic carbocycles. The topological polar surface area (TPSA) is 76.3 Å². The highest BCUT2D eigenvalue weighted by Crippen LogP contribution is 2.28. The first kappa shape index (κ1) is 13.5. The molecule has 106 valence electrons. The van der Waals surface area contributed by atoms with Gasteiger partial charge in [0.25, 0.3) is 0 Å². The van der Waals surface area contributed by atoms with Crippen LogP contribution in [0.1, 0.15) is 12.0 Å². The van der Waals surface area contributed by atoms with Gasteiger partial charge in [0.05, 0.1) is 10.4 Å². The van der Waals surface area contributed by atoms with Crippen molar-refractivity contribution >= 4 is 20.9 Å². The van der Waals surface area contributed by atoms with Crippen LogP contribution in [0, 0.1) is 6.92 Å². The third kappa shape index (κ3) is 2.09. The molecule has 1 aromatic heterocycles. The van der Waals surface area contributed by atoms with Crippen molar-refractivity contribution < 1.29 is 8.42 Å². The molecule has 3 rings (SSSR count). The van der Waals surface area contributed by atoms with Crippen LogP contribution in [0.5, 0.6) is 0 Å². The quantitative estimate of drug-likeness (QED) is 0.904. The number of hydrogen-bond donors (Lipinski definition) is 1.